The summed E-state index contributed by atoms with van der Waals surface area (Å²) in [6.07, 6.45) is 2.62. The van der Waals surface area contributed by atoms with Gasteiger partial charge in [0.2, 0.25) is 11.8 Å². The highest BCUT2D eigenvalue weighted by Gasteiger charge is 2.49. The number of anilines is 1. The molecule has 1 spiro atoms. The molecule has 32 heavy (non-hydrogen) atoms. The lowest BCUT2D eigenvalue weighted by Crippen LogP contribution is -2.40. The quantitative estimate of drug-likeness (QED) is 0.568. The van der Waals surface area contributed by atoms with E-state index in [4.69, 9.17) is 27.9 Å². The molecule has 1 unspecified atom stereocenters. The van der Waals surface area contributed by atoms with Crippen molar-refractivity contribution in [3.63, 3.8) is 0 Å². The van der Waals surface area contributed by atoms with Crippen molar-refractivity contribution in [1.29, 1.82) is 0 Å². The number of likely N-dealkylation sites (tertiary alicyclic amines) is 1. The van der Waals surface area contributed by atoms with Gasteiger partial charge in [0.15, 0.2) is 0 Å². The Labute approximate surface area is 200 Å². The number of amides is 2. The molecule has 0 radical (unpaired) electrons. The Bertz CT molecular complexity index is 1060. The Morgan fingerprint density at radius 1 is 1.19 bits per heavy atom. The Balaban J connectivity index is 1.51. The number of rotatable bonds is 6. The summed E-state index contributed by atoms with van der Waals surface area (Å²) in [5.41, 5.74) is 1.43. The van der Waals surface area contributed by atoms with Gasteiger partial charge in [0, 0.05) is 42.2 Å². The Kier molecular flexibility index (Phi) is 6.74. The first-order valence-electron chi connectivity index (χ1n) is 10.5. The van der Waals surface area contributed by atoms with E-state index in [0.717, 1.165) is 17.7 Å². The fourth-order valence-corrected chi connectivity index (χ4v) is 5.61. The highest BCUT2D eigenvalue weighted by Crippen LogP contribution is 2.47. The number of nitrogens with zero attached hydrogens (tertiary/aromatic N) is 3. The number of aromatic nitrogens is 1. The van der Waals surface area contributed by atoms with E-state index in [2.05, 4.69) is 4.98 Å². The number of hydrogen-bond donors (Lipinski definition) is 0. The van der Waals surface area contributed by atoms with Gasteiger partial charge in [-0.15, -0.1) is 11.3 Å². The van der Waals surface area contributed by atoms with Gasteiger partial charge in [0.1, 0.15) is 9.34 Å². The van der Waals surface area contributed by atoms with E-state index in [1.165, 1.54) is 11.3 Å². The smallest absolute Gasteiger partial charge is 0.306 e. The number of hydrogen-bond acceptors (Lipinski definition) is 6. The lowest BCUT2D eigenvalue weighted by Gasteiger charge is -2.26. The predicted molar refractivity (Wildman–Crippen MR) is 123 cm³/mol. The molecule has 0 aliphatic carbocycles. The van der Waals surface area contributed by atoms with Crippen molar-refractivity contribution in [2.45, 2.75) is 38.0 Å². The molecule has 1 aromatic carbocycles. The van der Waals surface area contributed by atoms with E-state index >= 15 is 0 Å². The average molecular weight is 496 g/mol. The van der Waals surface area contributed by atoms with Crippen molar-refractivity contribution in [2.75, 3.05) is 31.1 Å². The van der Waals surface area contributed by atoms with Crippen LogP contribution >= 0.6 is 34.5 Å². The van der Waals surface area contributed by atoms with Crippen LogP contribution in [-0.4, -0.2) is 53.9 Å². The third-order valence-corrected chi connectivity index (χ3v) is 7.32. The third-order valence-electron chi connectivity index (χ3n) is 5.97. The van der Waals surface area contributed by atoms with Gasteiger partial charge in [-0.1, -0.05) is 23.2 Å². The standard InChI is InChI=1S/C22H23Cl2N3O4S/c1-2-31-21(30)6-5-19(28)26-8-7-22(12-26)13-27(16-4-3-14(23)9-15(16)22)20(29)10-18-25-11-17(24)32-18/h3-4,9,11H,2,5-8,10,12-13H2,1H3. The molecule has 1 aromatic heterocycles. The molecule has 0 N–H and O–H groups in total. The number of ether oxygens (including phenoxy) is 1. The third kappa shape index (κ3) is 4.63. The molecule has 3 heterocycles. The first-order valence-corrected chi connectivity index (χ1v) is 12.0. The number of thiazole rings is 1. The number of carbonyl (C=O) groups is 3. The van der Waals surface area contributed by atoms with Gasteiger partial charge in [0.25, 0.3) is 0 Å². The first kappa shape index (κ1) is 23.0. The summed E-state index contributed by atoms with van der Waals surface area (Å²) in [5, 5.41) is 1.26. The maximum Gasteiger partial charge on any atom is 0.306 e. The summed E-state index contributed by atoms with van der Waals surface area (Å²) in [5.74, 6) is -0.518. The maximum atomic E-state index is 13.2. The largest absolute Gasteiger partial charge is 0.466 e. The predicted octanol–water partition coefficient (Wildman–Crippen LogP) is 3.85. The molecule has 2 amide bonds. The second kappa shape index (κ2) is 9.37. The molecule has 170 valence electrons. The van der Waals surface area contributed by atoms with Crippen LogP contribution < -0.4 is 4.90 Å². The first-order chi connectivity index (χ1) is 15.3. The molecule has 0 saturated carbocycles. The van der Waals surface area contributed by atoms with Crippen LogP contribution in [0.4, 0.5) is 5.69 Å². The minimum atomic E-state index is -0.379. The van der Waals surface area contributed by atoms with Crippen LogP contribution in [-0.2, 0) is 31.0 Å². The van der Waals surface area contributed by atoms with Gasteiger partial charge in [-0.2, -0.15) is 0 Å². The lowest BCUT2D eigenvalue weighted by molar-refractivity contribution is -0.145. The van der Waals surface area contributed by atoms with E-state index < -0.39 is 0 Å². The molecule has 4 rings (SSSR count). The second-order valence-corrected chi connectivity index (χ2v) is 10.2. The molecule has 1 atom stereocenters. The topological polar surface area (TPSA) is 79.8 Å². The maximum absolute atomic E-state index is 13.2. The zero-order chi connectivity index (χ0) is 22.9. The molecule has 2 aliphatic heterocycles. The molecule has 2 aliphatic rings. The zero-order valence-corrected chi connectivity index (χ0v) is 19.9. The van der Waals surface area contributed by atoms with Crippen LogP contribution in [0.15, 0.2) is 24.4 Å². The van der Waals surface area contributed by atoms with Gasteiger partial charge < -0.3 is 14.5 Å². The van der Waals surface area contributed by atoms with E-state index in [1.807, 2.05) is 12.1 Å². The number of carbonyl (C=O) groups excluding carboxylic acids is 3. The van der Waals surface area contributed by atoms with Crippen molar-refractivity contribution < 1.29 is 19.1 Å². The SMILES string of the molecule is CCOC(=O)CCC(=O)N1CCC2(C1)CN(C(=O)Cc1ncc(Cl)s1)c1ccc(Cl)cc12. The average Bonchev–Trinajstić information content (AvgIpc) is 3.45. The van der Waals surface area contributed by atoms with Gasteiger partial charge in [-0.25, -0.2) is 4.98 Å². The fraction of sp³-hybridized carbons (Fsp3) is 0.455. The minimum absolute atomic E-state index is 0.0662. The summed E-state index contributed by atoms with van der Waals surface area (Å²) in [6, 6.07) is 5.54. The molecular formula is C22H23Cl2N3O4S. The lowest BCUT2D eigenvalue weighted by atomic mass is 9.81. The minimum Gasteiger partial charge on any atom is -0.466 e. The van der Waals surface area contributed by atoms with Crippen LogP contribution in [0.3, 0.4) is 0 Å². The number of halogens is 2. The summed E-state index contributed by atoms with van der Waals surface area (Å²) < 4.78 is 5.46. The van der Waals surface area contributed by atoms with Crippen molar-refractivity contribution in [3.8, 4) is 0 Å². The second-order valence-electron chi connectivity index (χ2n) is 8.03. The molecule has 2 aromatic rings. The van der Waals surface area contributed by atoms with Gasteiger partial charge in [-0.3, -0.25) is 14.4 Å². The van der Waals surface area contributed by atoms with Crippen molar-refractivity contribution in [1.82, 2.24) is 9.88 Å². The summed E-state index contributed by atoms with van der Waals surface area (Å²) in [7, 11) is 0. The van der Waals surface area contributed by atoms with E-state index in [1.54, 1.807) is 29.0 Å². The van der Waals surface area contributed by atoms with E-state index in [-0.39, 0.29) is 42.5 Å². The van der Waals surface area contributed by atoms with Crippen LogP contribution in [0.5, 0.6) is 0 Å². The highest BCUT2D eigenvalue weighted by molar-refractivity contribution is 7.15. The van der Waals surface area contributed by atoms with E-state index in [0.29, 0.717) is 40.6 Å². The molecule has 7 nitrogen and oxygen atoms in total. The summed E-state index contributed by atoms with van der Waals surface area (Å²) in [6.45, 7) is 3.56. The van der Waals surface area contributed by atoms with Crippen molar-refractivity contribution in [2.24, 2.45) is 0 Å². The van der Waals surface area contributed by atoms with E-state index in [9.17, 15) is 14.4 Å². The summed E-state index contributed by atoms with van der Waals surface area (Å²) in [4.78, 5) is 45.2. The van der Waals surface area contributed by atoms with Crippen molar-refractivity contribution in [3.05, 3.63) is 44.3 Å². The van der Waals surface area contributed by atoms with Crippen LogP contribution in [0.2, 0.25) is 9.36 Å². The molecule has 0 bridgehead atoms. The molecule has 1 fully saturated rings. The number of benzene rings is 1. The number of esters is 1. The Hall–Kier alpha value is -2.16. The summed E-state index contributed by atoms with van der Waals surface area (Å²) >= 11 is 13.6. The molecular weight excluding hydrogens is 473 g/mol. The molecule has 1 saturated heterocycles. The zero-order valence-electron chi connectivity index (χ0n) is 17.6. The monoisotopic (exact) mass is 495 g/mol. The van der Waals surface area contributed by atoms with Crippen LogP contribution in [0.25, 0.3) is 0 Å². The Morgan fingerprint density at radius 2 is 2.00 bits per heavy atom. The fourth-order valence-electron chi connectivity index (χ4n) is 4.49. The van der Waals surface area contributed by atoms with Gasteiger partial charge >= 0.3 is 5.97 Å². The Morgan fingerprint density at radius 3 is 2.72 bits per heavy atom. The highest BCUT2D eigenvalue weighted by atomic mass is 35.5. The van der Waals surface area contributed by atoms with Gasteiger partial charge in [0.05, 0.1) is 25.6 Å². The van der Waals surface area contributed by atoms with Gasteiger partial charge in [-0.05, 0) is 37.1 Å². The van der Waals surface area contributed by atoms with Crippen LogP contribution in [0.1, 0.15) is 36.8 Å². The molecule has 10 heteroatoms. The number of fused-ring (bicyclic) bond motifs is 2. The van der Waals surface area contributed by atoms with Crippen LogP contribution in [0, 0.1) is 0 Å². The normalized spacial score (nSPS) is 19.5. The van der Waals surface area contributed by atoms with Crippen molar-refractivity contribution >= 4 is 58.0 Å².